The molecule has 1 rings (SSSR count). The van der Waals surface area contributed by atoms with Crippen LogP contribution in [-0.4, -0.2) is 7.05 Å². The van der Waals surface area contributed by atoms with Gasteiger partial charge in [-0.3, -0.25) is 0 Å². The highest BCUT2D eigenvalue weighted by Gasteiger charge is 2.03. The standard InChI is InChI=1S/C4H6BNO/c6-5-3-1-2-4-7-5/h1-4H,6H2. The number of allylic oxidation sites excluding steroid dienone is 2. The van der Waals surface area contributed by atoms with E-state index < -0.39 is 0 Å². The maximum atomic E-state index is 5.27. The van der Waals surface area contributed by atoms with Crippen LogP contribution in [-0.2, 0) is 4.65 Å². The normalized spacial score (nSPS) is 17.0. The highest BCUT2D eigenvalue weighted by molar-refractivity contribution is 6.54. The predicted molar refractivity (Wildman–Crippen MR) is 29.3 cm³/mol. The van der Waals surface area contributed by atoms with Crippen LogP contribution in [0.4, 0.5) is 0 Å². The monoisotopic (exact) mass is 95.1 g/mol. The van der Waals surface area contributed by atoms with Crippen molar-refractivity contribution < 1.29 is 4.65 Å². The molecule has 0 unspecified atom stereocenters. The van der Waals surface area contributed by atoms with E-state index in [9.17, 15) is 0 Å². The van der Waals surface area contributed by atoms with Crippen molar-refractivity contribution >= 4 is 7.05 Å². The molecule has 0 aromatic rings. The average Bonchev–Trinajstić information content (AvgIpc) is 1.69. The molecule has 0 radical (unpaired) electrons. The predicted octanol–water partition coefficient (Wildman–Crippen LogP) is 0.0726. The topological polar surface area (TPSA) is 35.2 Å². The summed E-state index contributed by atoms with van der Waals surface area (Å²) in [6, 6.07) is 0. The molecule has 0 atom stereocenters. The van der Waals surface area contributed by atoms with Gasteiger partial charge in [0.1, 0.15) is 0 Å². The maximum Gasteiger partial charge on any atom is 0.471 e. The minimum absolute atomic E-state index is 0.231. The van der Waals surface area contributed by atoms with Gasteiger partial charge in [0, 0.05) is 0 Å². The molecule has 3 heteroatoms. The van der Waals surface area contributed by atoms with Crippen LogP contribution < -0.4 is 5.64 Å². The van der Waals surface area contributed by atoms with Gasteiger partial charge in [-0.15, -0.1) is 0 Å². The highest BCUT2D eigenvalue weighted by Crippen LogP contribution is 1.90. The van der Waals surface area contributed by atoms with Crippen molar-refractivity contribution in [2.24, 2.45) is 5.64 Å². The number of hydrogen-bond acceptors (Lipinski definition) is 2. The van der Waals surface area contributed by atoms with E-state index in [1.165, 1.54) is 0 Å². The van der Waals surface area contributed by atoms with E-state index in [0.29, 0.717) is 0 Å². The Bertz CT molecular complexity index is 110. The van der Waals surface area contributed by atoms with Gasteiger partial charge in [0.05, 0.1) is 6.26 Å². The van der Waals surface area contributed by atoms with Crippen molar-refractivity contribution in [2.75, 3.05) is 0 Å². The summed E-state index contributed by atoms with van der Waals surface area (Å²) >= 11 is 0. The summed E-state index contributed by atoms with van der Waals surface area (Å²) in [5.41, 5.74) is 5.27. The van der Waals surface area contributed by atoms with E-state index in [-0.39, 0.29) is 7.05 Å². The third-order valence-electron chi connectivity index (χ3n) is 0.726. The molecule has 0 fully saturated rings. The number of nitrogens with two attached hydrogens (primary N) is 1. The van der Waals surface area contributed by atoms with Gasteiger partial charge in [-0.05, 0) is 6.08 Å². The van der Waals surface area contributed by atoms with Crippen molar-refractivity contribution in [3.63, 3.8) is 0 Å². The van der Waals surface area contributed by atoms with Crippen molar-refractivity contribution in [2.45, 2.75) is 0 Å². The van der Waals surface area contributed by atoms with Gasteiger partial charge in [0.2, 0.25) is 0 Å². The van der Waals surface area contributed by atoms with Gasteiger partial charge < -0.3 is 10.3 Å². The maximum absolute atomic E-state index is 5.27. The molecule has 0 aromatic heterocycles. The van der Waals surface area contributed by atoms with Crippen LogP contribution in [0.1, 0.15) is 0 Å². The third kappa shape index (κ3) is 1.09. The Morgan fingerprint density at radius 3 is 2.57 bits per heavy atom. The van der Waals surface area contributed by atoms with Crippen molar-refractivity contribution in [3.8, 4) is 0 Å². The zero-order valence-electron chi connectivity index (χ0n) is 3.87. The molecular weight excluding hydrogens is 88.9 g/mol. The molecule has 1 aliphatic rings. The molecule has 2 nitrogen and oxygen atoms in total. The van der Waals surface area contributed by atoms with Crippen LogP contribution >= 0.6 is 0 Å². The zero-order valence-corrected chi connectivity index (χ0v) is 3.87. The number of rotatable bonds is 0. The summed E-state index contributed by atoms with van der Waals surface area (Å²) in [7, 11) is -0.231. The van der Waals surface area contributed by atoms with Crippen LogP contribution in [0.3, 0.4) is 0 Å². The summed E-state index contributed by atoms with van der Waals surface area (Å²) in [5.74, 6) is 1.78. The number of hydrogen-bond donors (Lipinski definition) is 1. The minimum Gasteiger partial charge on any atom is -0.549 e. The fourth-order valence-electron chi connectivity index (χ4n) is 0.400. The van der Waals surface area contributed by atoms with Gasteiger partial charge in [-0.25, -0.2) is 0 Å². The van der Waals surface area contributed by atoms with Crippen LogP contribution in [0, 0.1) is 0 Å². The Kier molecular flexibility index (Phi) is 1.17. The van der Waals surface area contributed by atoms with Crippen LogP contribution in [0.15, 0.2) is 24.4 Å². The summed E-state index contributed by atoms with van der Waals surface area (Å²) < 4.78 is 4.79. The lowest BCUT2D eigenvalue weighted by Crippen LogP contribution is -2.26. The van der Waals surface area contributed by atoms with Crippen LogP contribution in [0.5, 0.6) is 0 Å². The molecule has 0 amide bonds. The molecule has 2 N–H and O–H groups in total. The Morgan fingerprint density at radius 2 is 2.29 bits per heavy atom. The molecule has 36 valence electrons. The fraction of sp³-hybridized carbons (Fsp3) is 0. The third-order valence-corrected chi connectivity index (χ3v) is 0.726. The van der Waals surface area contributed by atoms with Gasteiger partial charge in [0.25, 0.3) is 0 Å². The van der Waals surface area contributed by atoms with Crippen LogP contribution in [0.25, 0.3) is 0 Å². The second-order valence-electron chi connectivity index (χ2n) is 1.31. The van der Waals surface area contributed by atoms with E-state index in [2.05, 4.69) is 0 Å². The quantitative estimate of drug-likeness (QED) is 0.432. The molecule has 1 heterocycles. The van der Waals surface area contributed by atoms with Gasteiger partial charge >= 0.3 is 7.05 Å². The van der Waals surface area contributed by atoms with Crippen LogP contribution in [0.2, 0.25) is 0 Å². The summed E-state index contributed by atoms with van der Waals surface area (Å²) in [6.45, 7) is 0. The molecule has 0 aliphatic carbocycles. The molecular formula is C4H6BNO. The van der Waals surface area contributed by atoms with E-state index in [4.69, 9.17) is 10.3 Å². The molecule has 0 spiro atoms. The largest absolute Gasteiger partial charge is 0.549 e. The Labute approximate surface area is 42.8 Å². The highest BCUT2D eigenvalue weighted by atomic mass is 16.4. The molecule has 0 saturated heterocycles. The van der Waals surface area contributed by atoms with Crippen molar-refractivity contribution in [1.29, 1.82) is 0 Å². The van der Waals surface area contributed by atoms with Gasteiger partial charge in [-0.2, -0.15) is 0 Å². The smallest absolute Gasteiger partial charge is 0.471 e. The SMILES string of the molecule is NB1C=CC=CO1. The lowest BCUT2D eigenvalue weighted by molar-refractivity contribution is 0.498. The molecule has 7 heavy (non-hydrogen) atoms. The molecule has 0 aromatic carbocycles. The average molecular weight is 94.9 g/mol. The zero-order chi connectivity index (χ0) is 5.11. The summed E-state index contributed by atoms with van der Waals surface area (Å²) in [4.78, 5) is 0. The second-order valence-corrected chi connectivity index (χ2v) is 1.31. The first-order valence-corrected chi connectivity index (χ1v) is 2.14. The lowest BCUT2D eigenvalue weighted by atomic mass is 9.84. The van der Waals surface area contributed by atoms with E-state index in [0.717, 1.165) is 0 Å². The summed E-state index contributed by atoms with van der Waals surface area (Å²) in [5, 5.41) is 0. The molecule has 1 aliphatic heterocycles. The van der Waals surface area contributed by atoms with Crippen molar-refractivity contribution in [1.82, 2.24) is 0 Å². The Hall–Kier alpha value is -0.695. The first-order chi connectivity index (χ1) is 3.39. The van der Waals surface area contributed by atoms with E-state index in [1.54, 1.807) is 18.3 Å². The molecule has 0 saturated carbocycles. The first-order valence-electron chi connectivity index (χ1n) is 2.14. The lowest BCUT2D eigenvalue weighted by Gasteiger charge is -2.02. The first kappa shape index (κ1) is 4.46. The fourth-order valence-corrected chi connectivity index (χ4v) is 0.400. The van der Waals surface area contributed by atoms with E-state index >= 15 is 0 Å². The molecule has 0 bridgehead atoms. The van der Waals surface area contributed by atoms with Crippen molar-refractivity contribution in [3.05, 3.63) is 24.4 Å². The Morgan fingerprint density at radius 1 is 1.43 bits per heavy atom. The van der Waals surface area contributed by atoms with E-state index in [1.807, 2.05) is 6.08 Å². The Balaban J connectivity index is 2.49. The van der Waals surface area contributed by atoms with Gasteiger partial charge in [0.15, 0.2) is 0 Å². The minimum atomic E-state index is -0.231. The summed E-state index contributed by atoms with van der Waals surface area (Å²) in [6.07, 6.45) is 5.22. The van der Waals surface area contributed by atoms with Gasteiger partial charge in [-0.1, -0.05) is 12.1 Å². The second kappa shape index (κ2) is 1.84.